The van der Waals surface area contributed by atoms with Crippen LogP contribution < -0.4 is 10.2 Å². The smallest absolute Gasteiger partial charge is 0.328 e. The fourth-order valence-corrected chi connectivity index (χ4v) is 6.89. The van der Waals surface area contributed by atoms with Crippen LogP contribution in [-0.4, -0.2) is 49.5 Å². The molecule has 7 nitrogen and oxygen atoms in total. The maximum Gasteiger partial charge on any atom is 0.328 e. The SMILES string of the molecule is COCCC1(C(=S)NC(Cc2ccc(N3C(=O)CC(CCC(C)=O)C3c3ccccc3)cc2)C(=O)OC)CCCC1. The Hall–Kier alpha value is -3.10. The lowest BCUT2D eigenvalue weighted by atomic mass is 9.82. The highest BCUT2D eigenvalue weighted by Crippen LogP contribution is 2.44. The third-order valence-corrected chi connectivity index (χ3v) is 9.26. The molecule has 3 unspecified atom stereocenters. The van der Waals surface area contributed by atoms with Gasteiger partial charge >= 0.3 is 5.97 Å². The molecule has 1 saturated carbocycles. The minimum absolute atomic E-state index is 0.0533. The van der Waals surface area contributed by atoms with Crippen molar-refractivity contribution in [2.75, 3.05) is 25.7 Å². The lowest BCUT2D eigenvalue weighted by Gasteiger charge is -2.32. The van der Waals surface area contributed by atoms with E-state index in [0.29, 0.717) is 37.3 Å². The second-order valence-electron chi connectivity index (χ2n) is 11.5. The van der Waals surface area contributed by atoms with Gasteiger partial charge in [-0.15, -0.1) is 0 Å². The van der Waals surface area contributed by atoms with Crippen LogP contribution in [0.25, 0.3) is 0 Å². The number of ketones is 1. The van der Waals surface area contributed by atoms with Gasteiger partial charge in [0.2, 0.25) is 5.91 Å². The molecule has 0 bridgehead atoms. The van der Waals surface area contributed by atoms with E-state index < -0.39 is 6.04 Å². The van der Waals surface area contributed by atoms with Gasteiger partial charge in [0.05, 0.1) is 18.1 Å². The number of anilines is 1. The predicted octanol–water partition coefficient (Wildman–Crippen LogP) is 5.75. The molecular weight excluding hydrogens is 536 g/mol. The summed E-state index contributed by atoms with van der Waals surface area (Å²) in [6.45, 7) is 2.22. The highest BCUT2D eigenvalue weighted by molar-refractivity contribution is 7.80. The lowest BCUT2D eigenvalue weighted by Crippen LogP contribution is -2.48. The quantitative estimate of drug-likeness (QED) is 0.239. The van der Waals surface area contributed by atoms with Gasteiger partial charge in [0, 0.05) is 44.1 Å². The first-order valence-corrected chi connectivity index (χ1v) is 15.0. The minimum atomic E-state index is -0.611. The molecule has 4 rings (SSSR count). The number of nitrogens with one attached hydrogen (secondary N) is 1. The molecule has 1 amide bonds. The second-order valence-corrected chi connectivity index (χ2v) is 11.9. The summed E-state index contributed by atoms with van der Waals surface area (Å²) in [5, 5.41) is 3.35. The normalized spacial score (nSPS) is 20.6. The summed E-state index contributed by atoms with van der Waals surface area (Å²) in [4.78, 5) is 40.4. The molecule has 220 valence electrons. The summed E-state index contributed by atoms with van der Waals surface area (Å²) in [5.41, 5.74) is 2.66. The number of benzene rings is 2. The summed E-state index contributed by atoms with van der Waals surface area (Å²) in [5.74, 6) is -0.109. The van der Waals surface area contributed by atoms with Crippen molar-refractivity contribution in [2.45, 2.75) is 76.8 Å². The Bertz CT molecular complexity index is 1210. The molecule has 2 aromatic carbocycles. The highest BCUT2D eigenvalue weighted by Gasteiger charge is 2.42. The molecule has 1 N–H and O–H groups in total. The monoisotopic (exact) mass is 578 g/mol. The van der Waals surface area contributed by atoms with Gasteiger partial charge < -0.3 is 24.5 Å². The number of amides is 1. The molecule has 0 radical (unpaired) electrons. The Balaban J connectivity index is 1.52. The molecule has 1 aliphatic carbocycles. The molecule has 2 aliphatic rings. The minimum Gasteiger partial charge on any atom is -0.467 e. The van der Waals surface area contributed by atoms with Crippen LogP contribution in [-0.2, 0) is 30.3 Å². The maximum absolute atomic E-state index is 13.3. The number of thiocarbonyl (C=S) groups is 1. The third-order valence-electron chi connectivity index (χ3n) is 8.71. The maximum atomic E-state index is 13.3. The third kappa shape index (κ3) is 7.41. The molecule has 1 heterocycles. The molecule has 0 spiro atoms. The van der Waals surface area contributed by atoms with Crippen molar-refractivity contribution in [1.82, 2.24) is 5.32 Å². The van der Waals surface area contributed by atoms with Crippen molar-refractivity contribution in [3.63, 3.8) is 0 Å². The Morgan fingerprint density at radius 1 is 1.07 bits per heavy atom. The zero-order valence-electron chi connectivity index (χ0n) is 24.4. The highest BCUT2D eigenvalue weighted by atomic mass is 32.1. The summed E-state index contributed by atoms with van der Waals surface area (Å²) < 4.78 is 10.5. The van der Waals surface area contributed by atoms with Crippen LogP contribution in [0.3, 0.4) is 0 Å². The molecule has 1 aliphatic heterocycles. The molecule has 1 saturated heterocycles. The molecule has 2 aromatic rings. The van der Waals surface area contributed by atoms with E-state index in [1.54, 1.807) is 14.0 Å². The van der Waals surface area contributed by atoms with Crippen LogP contribution in [0.2, 0.25) is 0 Å². The van der Waals surface area contributed by atoms with Crippen LogP contribution in [0.1, 0.15) is 75.5 Å². The van der Waals surface area contributed by atoms with Crippen LogP contribution in [0.5, 0.6) is 0 Å². The van der Waals surface area contributed by atoms with Crippen molar-refractivity contribution in [1.29, 1.82) is 0 Å². The zero-order valence-corrected chi connectivity index (χ0v) is 25.2. The zero-order chi connectivity index (χ0) is 29.4. The Labute approximate surface area is 249 Å². The van der Waals surface area contributed by atoms with Crippen molar-refractivity contribution in [3.8, 4) is 0 Å². The van der Waals surface area contributed by atoms with Crippen molar-refractivity contribution in [2.24, 2.45) is 11.3 Å². The van der Waals surface area contributed by atoms with Gasteiger partial charge in [-0.3, -0.25) is 4.79 Å². The summed E-state index contributed by atoms with van der Waals surface area (Å²) in [7, 11) is 3.09. The van der Waals surface area contributed by atoms with Gasteiger partial charge in [0.1, 0.15) is 11.8 Å². The Morgan fingerprint density at radius 3 is 2.37 bits per heavy atom. The fourth-order valence-electron chi connectivity index (χ4n) is 6.44. The van der Waals surface area contributed by atoms with E-state index in [4.69, 9.17) is 21.7 Å². The fraction of sp³-hybridized carbons (Fsp3) is 0.515. The van der Waals surface area contributed by atoms with Crippen molar-refractivity contribution in [3.05, 3.63) is 65.7 Å². The topological polar surface area (TPSA) is 84.9 Å². The molecule has 41 heavy (non-hydrogen) atoms. The molecule has 3 atom stereocenters. The number of carbonyl (C=O) groups is 3. The number of nitrogens with zero attached hydrogens (tertiary/aromatic N) is 1. The molecule has 0 aromatic heterocycles. The standard InChI is InChI=1S/C33H42N2O5S/c1-23(36)11-14-26-22-29(37)35(30(26)25-9-5-4-6-10-25)27-15-12-24(13-16-27)21-28(31(38)40-3)34-32(41)33(19-20-39-2)17-7-8-18-33/h4-6,9-10,12-13,15-16,26,28,30H,7-8,11,14,17-22H2,1-3H3,(H,34,41). The second kappa shape index (κ2) is 14.2. The van der Waals surface area contributed by atoms with E-state index in [-0.39, 0.29) is 35.0 Å². The van der Waals surface area contributed by atoms with E-state index in [1.807, 2.05) is 59.5 Å². The molecule has 2 fully saturated rings. The van der Waals surface area contributed by atoms with E-state index >= 15 is 0 Å². The molecular formula is C33H42N2O5S. The van der Waals surface area contributed by atoms with Gasteiger partial charge in [-0.2, -0.15) is 0 Å². The van der Waals surface area contributed by atoms with Crippen molar-refractivity contribution < 1.29 is 23.9 Å². The number of rotatable bonds is 13. The Morgan fingerprint density at radius 2 is 1.76 bits per heavy atom. The first kappa shape index (κ1) is 30.8. The first-order chi connectivity index (χ1) is 19.8. The van der Waals surface area contributed by atoms with Crippen LogP contribution in [0, 0.1) is 11.3 Å². The number of carbonyl (C=O) groups excluding carboxylic acids is 3. The van der Waals surface area contributed by atoms with Gasteiger partial charge in [-0.05, 0) is 61.8 Å². The number of methoxy groups -OCH3 is 2. The van der Waals surface area contributed by atoms with Crippen LogP contribution in [0.15, 0.2) is 54.6 Å². The first-order valence-electron chi connectivity index (χ1n) is 14.6. The Kier molecular flexibility index (Phi) is 10.7. The summed E-state index contributed by atoms with van der Waals surface area (Å²) in [6, 6.07) is 17.1. The van der Waals surface area contributed by atoms with Crippen molar-refractivity contribution >= 4 is 40.6 Å². The number of hydrogen-bond acceptors (Lipinski definition) is 6. The average molecular weight is 579 g/mol. The largest absolute Gasteiger partial charge is 0.467 e. The van der Waals surface area contributed by atoms with Crippen LogP contribution in [0.4, 0.5) is 5.69 Å². The lowest BCUT2D eigenvalue weighted by molar-refractivity contribution is -0.142. The predicted molar refractivity (Wildman–Crippen MR) is 164 cm³/mol. The summed E-state index contributed by atoms with van der Waals surface area (Å²) >= 11 is 5.87. The van der Waals surface area contributed by atoms with E-state index in [1.165, 1.54) is 7.11 Å². The summed E-state index contributed by atoms with van der Waals surface area (Å²) in [6.07, 6.45) is 7.00. The van der Waals surface area contributed by atoms with Crippen LogP contribution >= 0.6 is 12.2 Å². The van der Waals surface area contributed by atoms with Gasteiger partial charge in [0.15, 0.2) is 0 Å². The average Bonchev–Trinajstić information content (AvgIpc) is 3.60. The van der Waals surface area contributed by atoms with E-state index in [2.05, 4.69) is 5.32 Å². The number of esters is 1. The van der Waals surface area contributed by atoms with Gasteiger partial charge in [0.25, 0.3) is 0 Å². The number of Topliss-reactive ketones (excluding diaryl/α,β-unsaturated/α-hetero) is 1. The van der Waals surface area contributed by atoms with E-state index in [0.717, 1.165) is 48.9 Å². The number of hydrogen-bond donors (Lipinski definition) is 1. The molecule has 8 heteroatoms. The number of ether oxygens (including phenoxy) is 2. The van der Waals surface area contributed by atoms with Gasteiger partial charge in [-0.25, -0.2) is 4.79 Å². The van der Waals surface area contributed by atoms with E-state index in [9.17, 15) is 14.4 Å². The van der Waals surface area contributed by atoms with Gasteiger partial charge in [-0.1, -0.05) is 67.5 Å².